The maximum Gasteiger partial charge on any atom is 0.239 e. The zero-order valence-electron chi connectivity index (χ0n) is 33.4. The molecule has 0 saturated carbocycles. The van der Waals surface area contributed by atoms with Crippen LogP contribution in [0.1, 0.15) is 6.92 Å². The summed E-state index contributed by atoms with van der Waals surface area (Å²) in [5.74, 6) is -2.59. The molecule has 4 fully saturated rings. The Morgan fingerprint density at radius 2 is 1.12 bits per heavy atom. The second-order valence-electron chi connectivity index (χ2n) is 15.7. The highest BCUT2D eigenvalue weighted by atomic mass is 16.8. The molecule has 20 atom stereocenters. The predicted molar refractivity (Wildman–Crippen MR) is 204 cm³/mol. The van der Waals surface area contributed by atoms with Crippen LogP contribution in [0, 0.1) is 0 Å². The maximum atomic E-state index is 14.3. The van der Waals surface area contributed by atoms with E-state index in [1.165, 1.54) is 31.2 Å². The average molecular weight is 919 g/mol. The van der Waals surface area contributed by atoms with E-state index in [1.54, 1.807) is 0 Å². The summed E-state index contributed by atoms with van der Waals surface area (Å²) in [6.07, 6.45) is -34.8. The summed E-state index contributed by atoms with van der Waals surface area (Å²) in [5, 5.41) is 156. The number of benzene rings is 2. The molecule has 4 aliphatic rings. The van der Waals surface area contributed by atoms with Gasteiger partial charge in [-0.15, -0.1) is 0 Å². The van der Waals surface area contributed by atoms with Gasteiger partial charge in [0.05, 0.1) is 25.9 Å². The normalized spacial score (nSPS) is 40.6. The molecule has 4 saturated heterocycles. The van der Waals surface area contributed by atoms with Gasteiger partial charge in [-0.25, -0.2) is 0 Å². The monoisotopic (exact) mass is 918 g/mol. The van der Waals surface area contributed by atoms with Gasteiger partial charge >= 0.3 is 0 Å². The van der Waals surface area contributed by atoms with Gasteiger partial charge < -0.3 is 119 Å². The smallest absolute Gasteiger partial charge is 0.239 e. The van der Waals surface area contributed by atoms with E-state index in [1.807, 2.05) is 0 Å². The Hall–Kier alpha value is -3.91. The quantitative estimate of drug-likeness (QED) is 0.0804. The molecule has 0 radical (unpaired) electrons. The zero-order valence-corrected chi connectivity index (χ0v) is 33.4. The van der Waals surface area contributed by atoms with Crippen LogP contribution in [-0.4, -0.2) is 219 Å². The van der Waals surface area contributed by atoms with E-state index in [9.17, 15) is 81.4 Å². The van der Waals surface area contributed by atoms with E-state index in [2.05, 4.69) is 0 Å². The molecule has 0 bridgehead atoms. The molecule has 356 valence electrons. The molecule has 0 unspecified atom stereocenters. The van der Waals surface area contributed by atoms with E-state index in [-0.39, 0.29) is 17.1 Å². The van der Waals surface area contributed by atoms with Crippen LogP contribution in [0.3, 0.4) is 0 Å². The first-order valence-corrected chi connectivity index (χ1v) is 19.9. The minimum absolute atomic E-state index is 0.0492. The van der Waals surface area contributed by atoms with E-state index < -0.39 is 176 Å². The van der Waals surface area contributed by atoms with Crippen LogP contribution in [0.5, 0.6) is 23.0 Å². The third-order valence-corrected chi connectivity index (χ3v) is 11.4. The minimum atomic E-state index is -2.06. The number of aliphatic hydroxyl groups is 13. The first kappa shape index (κ1) is 48.0. The molecule has 4 aliphatic heterocycles. The standard InChI is InChI=1S/C39H50O25/c1-11-21(44)26(49)30(53)36(57-11)56-10-19-24(47)28(51)32(55)38(62-19)63-34-25(48)20-15(43)6-14(7-16(20)59-33(34)12-2-4-13(42)5-3-12)58-39-35(29(52)23(46)18(9-41)61-39)64-37-31(54)27(50)22(45)17(8-40)60-37/h2-7,11,17-19,21-24,26-32,35-47,49-55H,8-10H2,1H3/t11-,17+,18+,19+,21-,22+,23+,24-,26+,27-,28-,29-,30+,31+,32+,35+,36+,37-,38-,39+/m0/s1. The fourth-order valence-corrected chi connectivity index (χ4v) is 7.61. The molecule has 7 rings (SSSR count). The number of aliphatic hydroxyl groups excluding tert-OH is 13. The lowest BCUT2D eigenvalue weighted by Gasteiger charge is -2.45. The van der Waals surface area contributed by atoms with Crippen molar-refractivity contribution >= 4 is 11.0 Å². The molecule has 0 amide bonds. The van der Waals surface area contributed by atoms with Crippen molar-refractivity contribution in [3.8, 4) is 34.3 Å². The van der Waals surface area contributed by atoms with Crippen molar-refractivity contribution in [3.05, 3.63) is 46.6 Å². The fourth-order valence-electron chi connectivity index (χ4n) is 7.61. The number of phenolic OH excluding ortho intramolecular Hbond substituents is 2. The summed E-state index contributed by atoms with van der Waals surface area (Å²) in [5.41, 5.74) is -1.49. The lowest BCUT2D eigenvalue weighted by Crippen LogP contribution is -2.65. The Labute approximate surface area is 360 Å². The second kappa shape index (κ2) is 19.5. The van der Waals surface area contributed by atoms with Gasteiger partial charge in [0.25, 0.3) is 0 Å². The first-order chi connectivity index (χ1) is 30.3. The molecule has 5 heterocycles. The maximum absolute atomic E-state index is 14.3. The van der Waals surface area contributed by atoms with Crippen LogP contribution in [0.4, 0.5) is 0 Å². The van der Waals surface area contributed by atoms with Crippen LogP contribution in [0.15, 0.2) is 45.6 Å². The summed E-state index contributed by atoms with van der Waals surface area (Å²) < 4.78 is 51.2. The molecule has 25 nitrogen and oxygen atoms in total. The summed E-state index contributed by atoms with van der Waals surface area (Å²) in [6, 6.07) is 6.94. The lowest BCUT2D eigenvalue weighted by molar-refractivity contribution is -0.357. The van der Waals surface area contributed by atoms with Crippen molar-refractivity contribution in [1.82, 2.24) is 0 Å². The highest BCUT2D eigenvalue weighted by molar-refractivity contribution is 5.88. The number of hydrogen-bond acceptors (Lipinski definition) is 25. The van der Waals surface area contributed by atoms with E-state index in [4.69, 9.17) is 42.3 Å². The topological polar surface area (TPSA) is 408 Å². The third kappa shape index (κ3) is 9.25. The number of phenols is 2. The molecular formula is C39H50O25. The number of fused-ring (bicyclic) bond motifs is 1. The molecule has 2 aromatic carbocycles. The first-order valence-electron chi connectivity index (χ1n) is 19.9. The third-order valence-electron chi connectivity index (χ3n) is 11.4. The molecule has 3 aromatic rings. The molecule has 25 heteroatoms. The van der Waals surface area contributed by atoms with Crippen molar-refractivity contribution < 1.29 is 119 Å². The van der Waals surface area contributed by atoms with Crippen LogP contribution < -0.4 is 14.9 Å². The Kier molecular flexibility index (Phi) is 14.6. The summed E-state index contributed by atoms with van der Waals surface area (Å²) in [6.45, 7) is -0.969. The van der Waals surface area contributed by atoms with Crippen molar-refractivity contribution in [2.24, 2.45) is 0 Å². The SMILES string of the molecule is C[C@@H]1O[C@@H](OC[C@H]2O[C@@H](Oc3c(-c4ccc(O)cc4)oc4cc(O[C@@H]5O[C@H](CO)[C@@H](O)[C@H](O)[C@H]5O[C@@H]5O[C@H](CO)[C@@H](O)[C@H](O)[C@H]5O)cc(O)c4c3=O)[C@H](O)[C@@H](O)[C@H]2O)[C@H](O)[C@H](O)[C@H]1O. The van der Waals surface area contributed by atoms with Gasteiger partial charge in [0, 0.05) is 17.7 Å². The molecule has 0 aliphatic carbocycles. The van der Waals surface area contributed by atoms with Crippen LogP contribution in [-0.2, 0) is 28.4 Å². The van der Waals surface area contributed by atoms with Crippen molar-refractivity contribution in [1.29, 1.82) is 0 Å². The molecule has 0 spiro atoms. The highest BCUT2D eigenvalue weighted by Gasteiger charge is 2.52. The number of hydrogen-bond donors (Lipinski definition) is 15. The average Bonchev–Trinajstić information content (AvgIpc) is 3.27. The highest BCUT2D eigenvalue weighted by Crippen LogP contribution is 2.39. The number of aromatic hydroxyl groups is 2. The Bertz CT molecular complexity index is 2100. The van der Waals surface area contributed by atoms with Gasteiger partial charge in [0.1, 0.15) is 114 Å². The minimum Gasteiger partial charge on any atom is -0.508 e. The number of ether oxygens (including phenoxy) is 8. The summed E-state index contributed by atoms with van der Waals surface area (Å²) >= 11 is 0. The molecule has 64 heavy (non-hydrogen) atoms. The molecule has 1 aromatic heterocycles. The van der Waals surface area contributed by atoms with Gasteiger partial charge in [-0.1, -0.05) is 0 Å². The van der Waals surface area contributed by atoms with Crippen molar-refractivity contribution in [2.45, 2.75) is 130 Å². The van der Waals surface area contributed by atoms with E-state index in [0.717, 1.165) is 12.1 Å². The Morgan fingerprint density at radius 1 is 0.578 bits per heavy atom. The van der Waals surface area contributed by atoms with Gasteiger partial charge in [-0.2, -0.15) is 0 Å². The largest absolute Gasteiger partial charge is 0.508 e. The Balaban J connectivity index is 1.20. The summed E-state index contributed by atoms with van der Waals surface area (Å²) in [7, 11) is 0. The molecule has 15 N–H and O–H groups in total. The lowest BCUT2D eigenvalue weighted by atomic mass is 9.97. The van der Waals surface area contributed by atoms with Gasteiger partial charge in [0.15, 0.2) is 24.4 Å². The second-order valence-corrected chi connectivity index (χ2v) is 15.7. The van der Waals surface area contributed by atoms with E-state index in [0.29, 0.717) is 0 Å². The van der Waals surface area contributed by atoms with Gasteiger partial charge in [0.2, 0.25) is 23.8 Å². The Morgan fingerprint density at radius 3 is 1.77 bits per heavy atom. The van der Waals surface area contributed by atoms with Gasteiger partial charge in [-0.05, 0) is 31.2 Å². The fraction of sp³-hybridized carbons (Fsp3) is 0.615. The van der Waals surface area contributed by atoms with Crippen molar-refractivity contribution in [3.63, 3.8) is 0 Å². The van der Waals surface area contributed by atoms with E-state index >= 15 is 0 Å². The zero-order chi connectivity index (χ0) is 46.5. The van der Waals surface area contributed by atoms with Gasteiger partial charge in [-0.3, -0.25) is 4.79 Å². The summed E-state index contributed by atoms with van der Waals surface area (Å²) in [4.78, 5) is 14.3. The number of rotatable bonds is 12. The molecular weight excluding hydrogens is 868 g/mol. The predicted octanol–water partition coefficient (Wildman–Crippen LogP) is -6.10. The van der Waals surface area contributed by atoms with Crippen molar-refractivity contribution in [2.75, 3.05) is 19.8 Å². The van der Waals surface area contributed by atoms with Crippen LogP contribution in [0.25, 0.3) is 22.3 Å². The van der Waals surface area contributed by atoms with Crippen LogP contribution in [0.2, 0.25) is 0 Å². The van der Waals surface area contributed by atoms with Crippen LogP contribution >= 0.6 is 0 Å².